The molecule has 0 saturated carbocycles. The molecule has 0 saturated heterocycles. The highest BCUT2D eigenvalue weighted by Crippen LogP contribution is 2.36. The number of hydrogen-bond acceptors (Lipinski definition) is 4. The number of carbonyl (C=O) groups is 1. The van der Waals surface area contributed by atoms with Crippen molar-refractivity contribution in [3.8, 4) is 11.5 Å². The molecule has 0 aromatic heterocycles. The van der Waals surface area contributed by atoms with E-state index in [4.69, 9.17) is 4.74 Å². The molecule has 2 aromatic carbocycles. The number of amides is 1. The van der Waals surface area contributed by atoms with Crippen molar-refractivity contribution < 1.29 is 27.8 Å². The van der Waals surface area contributed by atoms with Crippen molar-refractivity contribution in [2.75, 3.05) is 12.1 Å². The van der Waals surface area contributed by atoms with Crippen LogP contribution in [0.2, 0.25) is 0 Å². The Morgan fingerprint density at radius 2 is 1.96 bits per heavy atom. The Hall–Kier alpha value is -2.81. The predicted molar refractivity (Wildman–Crippen MR) is 102 cm³/mol. The molecule has 146 valence electrons. The fraction of sp³-hybridized carbons (Fsp3) is 0.158. The molecule has 0 fully saturated rings. The van der Waals surface area contributed by atoms with Gasteiger partial charge in [0, 0.05) is 4.47 Å². The van der Waals surface area contributed by atoms with Gasteiger partial charge in [-0.15, -0.1) is 0 Å². The van der Waals surface area contributed by atoms with Gasteiger partial charge in [-0.05, 0) is 48.9 Å². The van der Waals surface area contributed by atoms with Crippen LogP contribution in [0.5, 0.6) is 11.5 Å². The van der Waals surface area contributed by atoms with E-state index in [-0.39, 0.29) is 22.8 Å². The van der Waals surface area contributed by atoms with Crippen molar-refractivity contribution in [3.63, 3.8) is 0 Å². The van der Waals surface area contributed by atoms with E-state index in [9.17, 15) is 23.1 Å². The number of phenolic OH excluding ortho intramolecular Hbond substituents is 1. The monoisotopic (exact) mass is 454 g/mol. The highest BCUT2D eigenvalue weighted by atomic mass is 79.9. The molecular weight excluding hydrogens is 441 g/mol. The van der Waals surface area contributed by atoms with E-state index in [1.54, 1.807) is 6.92 Å². The maximum absolute atomic E-state index is 13.0. The van der Waals surface area contributed by atoms with E-state index in [0.29, 0.717) is 15.7 Å². The molecule has 5 nitrogen and oxygen atoms in total. The number of halogens is 4. The van der Waals surface area contributed by atoms with Crippen molar-refractivity contribution in [2.24, 2.45) is 5.10 Å². The Kier molecular flexibility index (Phi) is 5.20. The van der Waals surface area contributed by atoms with Gasteiger partial charge in [0.2, 0.25) is 0 Å². The maximum atomic E-state index is 13.0. The van der Waals surface area contributed by atoms with Gasteiger partial charge in [-0.3, -0.25) is 4.79 Å². The number of benzene rings is 2. The third-order valence-corrected chi connectivity index (χ3v) is 4.77. The van der Waals surface area contributed by atoms with E-state index < -0.39 is 17.6 Å². The number of nitrogens with zero attached hydrogens (tertiary/aromatic N) is 2. The van der Waals surface area contributed by atoms with Crippen LogP contribution in [-0.2, 0) is 11.0 Å². The largest absolute Gasteiger partial charge is 0.504 e. The quantitative estimate of drug-likeness (QED) is 0.664. The van der Waals surface area contributed by atoms with Crippen LogP contribution in [0.3, 0.4) is 0 Å². The van der Waals surface area contributed by atoms with Gasteiger partial charge in [-0.1, -0.05) is 22.0 Å². The van der Waals surface area contributed by atoms with E-state index in [1.807, 2.05) is 0 Å². The van der Waals surface area contributed by atoms with Gasteiger partial charge in [-0.2, -0.15) is 23.3 Å². The zero-order valence-electron chi connectivity index (χ0n) is 14.7. The lowest BCUT2D eigenvalue weighted by molar-refractivity contribution is -0.137. The highest BCUT2D eigenvalue weighted by molar-refractivity contribution is 9.10. The smallest absolute Gasteiger partial charge is 0.416 e. The molecule has 1 N–H and O–H groups in total. The summed E-state index contributed by atoms with van der Waals surface area (Å²) in [7, 11) is 1.39. The van der Waals surface area contributed by atoms with Gasteiger partial charge in [0.05, 0.1) is 29.6 Å². The van der Waals surface area contributed by atoms with Crippen LogP contribution >= 0.6 is 15.9 Å². The molecule has 0 bridgehead atoms. The first-order valence-electron chi connectivity index (χ1n) is 7.97. The number of carbonyl (C=O) groups excluding carboxylic acids is 1. The Morgan fingerprint density at radius 1 is 1.25 bits per heavy atom. The summed E-state index contributed by atoms with van der Waals surface area (Å²) in [5.74, 6) is -0.425. The number of hydrogen-bond donors (Lipinski definition) is 1. The summed E-state index contributed by atoms with van der Waals surface area (Å²) in [6.45, 7) is 1.59. The van der Waals surface area contributed by atoms with Crippen molar-refractivity contribution >= 4 is 39.3 Å². The Balaban J connectivity index is 1.99. The van der Waals surface area contributed by atoms with Gasteiger partial charge in [0.1, 0.15) is 0 Å². The summed E-state index contributed by atoms with van der Waals surface area (Å²) < 4.78 is 44.4. The lowest BCUT2D eigenvalue weighted by Gasteiger charge is -2.14. The molecule has 0 atom stereocenters. The average molecular weight is 455 g/mol. The summed E-state index contributed by atoms with van der Waals surface area (Å²) in [5.41, 5.74) is 0.254. The summed E-state index contributed by atoms with van der Waals surface area (Å²) >= 11 is 3.30. The second-order valence-corrected chi connectivity index (χ2v) is 6.81. The first kappa shape index (κ1) is 19.9. The van der Waals surface area contributed by atoms with E-state index in [1.165, 1.54) is 37.5 Å². The topological polar surface area (TPSA) is 62.1 Å². The van der Waals surface area contributed by atoms with Crippen LogP contribution in [0.4, 0.5) is 18.9 Å². The van der Waals surface area contributed by atoms with Crippen LogP contribution in [0.25, 0.3) is 6.08 Å². The van der Waals surface area contributed by atoms with Crippen LogP contribution in [0.15, 0.2) is 51.5 Å². The van der Waals surface area contributed by atoms with Crippen molar-refractivity contribution in [3.05, 3.63) is 57.6 Å². The molecule has 2 aromatic rings. The number of phenols is 1. The lowest BCUT2D eigenvalue weighted by Crippen LogP contribution is -2.21. The fourth-order valence-corrected chi connectivity index (χ4v) is 3.11. The van der Waals surface area contributed by atoms with E-state index in [2.05, 4.69) is 21.0 Å². The summed E-state index contributed by atoms with van der Waals surface area (Å²) in [5, 5.41) is 14.8. The van der Waals surface area contributed by atoms with E-state index in [0.717, 1.165) is 17.1 Å². The van der Waals surface area contributed by atoms with E-state index >= 15 is 0 Å². The molecule has 1 amide bonds. The highest BCUT2D eigenvalue weighted by Gasteiger charge is 2.33. The average Bonchev–Trinajstić information content (AvgIpc) is 2.91. The number of hydrazone groups is 1. The Bertz CT molecular complexity index is 1020. The lowest BCUT2D eigenvalue weighted by atomic mass is 10.1. The molecular formula is C19H14BrF3N2O3. The number of methoxy groups -OCH3 is 1. The van der Waals surface area contributed by atoms with Gasteiger partial charge >= 0.3 is 6.18 Å². The summed E-state index contributed by atoms with van der Waals surface area (Å²) in [4.78, 5) is 12.8. The van der Waals surface area contributed by atoms with Crippen molar-refractivity contribution in [1.82, 2.24) is 0 Å². The normalized spacial score (nSPS) is 15.9. The van der Waals surface area contributed by atoms with Gasteiger partial charge in [-0.25, -0.2) is 0 Å². The van der Waals surface area contributed by atoms with Crippen LogP contribution < -0.4 is 9.75 Å². The zero-order valence-corrected chi connectivity index (χ0v) is 16.3. The Morgan fingerprint density at radius 3 is 2.61 bits per heavy atom. The molecule has 0 radical (unpaired) electrons. The van der Waals surface area contributed by atoms with Crippen LogP contribution in [0.1, 0.15) is 18.1 Å². The summed E-state index contributed by atoms with van der Waals surface area (Å²) in [6, 6.07) is 7.35. The third-order valence-electron chi connectivity index (χ3n) is 4.08. The van der Waals surface area contributed by atoms with Gasteiger partial charge in [0.25, 0.3) is 5.91 Å². The molecule has 0 spiro atoms. The SMILES string of the molecule is COc1cc(C=C2C(=O)N(c3cccc(C(F)(F)F)c3)N=C2C)c(Br)cc1O. The van der Waals surface area contributed by atoms with Gasteiger partial charge < -0.3 is 9.84 Å². The van der Waals surface area contributed by atoms with Crippen LogP contribution in [-0.4, -0.2) is 23.8 Å². The maximum Gasteiger partial charge on any atom is 0.416 e. The second kappa shape index (κ2) is 7.31. The molecule has 3 rings (SSSR count). The minimum atomic E-state index is -4.52. The summed E-state index contributed by atoms with van der Waals surface area (Å²) in [6.07, 6.45) is -3.00. The van der Waals surface area contributed by atoms with Crippen LogP contribution in [0, 0.1) is 0 Å². The Labute approximate surface area is 166 Å². The number of alkyl halides is 3. The number of rotatable bonds is 3. The first-order valence-corrected chi connectivity index (χ1v) is 8.76. The first-order chi connectivity index (χ1) is 13.1. The molecule has 1 aliphatic heterocycles. The second-order valence-electron chi connectivity index (χ2n) is 5.95. The van der Waals surface area contributed by atoms with Crippen molar-refractivity contribution in [2.45, 2.75) is 13.1 Å². The zero-order chi connectivity index (χ0) is 20.6. The number of ether oxygens (including phenoxy) is 1. The molecule has 1 aliphatic rings. The molecule has 0 unspecified atom stereocenters. The number of anilines is 1. The molecule has 28 heavy (non-hydrogen) atoms. The minimum absolute atomic E-state index is 0.0185. The third kappa shape index (κ3) is 3.75. The standard InChI is InChI=1S/C19H14BrF3N2O3/c1-10-14(6-11-7-17(28-2)16(26)9-15(11)20)18(27)25(24-10)13-5-3-4-12(8-13)19(21,22)23/h3-9,26H,1-2H3. The van der Waals surface area contributed by atoms with Crippen molar-refractivity contribution in [1.29, 1.82) is 0 Å². The molecule has 0 aliphatic carbocycles. The molecule has 1 heterocycles. The number of aromatic hydroxyl groups is 1. The molecule has 9 heteroatoms. The fourth-order valence-electron chi connectivity index (χ4n) is 2.66. The predicted octanol–water partition coefficient (Wildman–Crippen LogP) is 4.99. The van der Waals surface area contributed by atoms with Gasteiger partial charge in [0.15, 0.2) is 11.5 Å². The minimum Gasteiger partial charge on any atom is -0.504 e.